The van der Waals surface area contributed by atoms with Crippen LogP contribution in [0.25, 0.3) is 32.6 Å². The number of phenolic OH excluding ortho intramolecular Hbond substituents is 1. The predicted octanol–water partition coefficient (Wildman–Crippen LogP) is 6.32. The summed E-state index contributed by atoms with van der Waals surface area (Å²) >= 11 is 1.56. The molecule has 3 aromatic carbocycles. The van der Waals surface area contributed by atoms with Crippen molar-refractivity contribution < 1.29 is 9.90 Å². The number of nitrogens with zero attached hydrogens (tertiary/aromatic N) is 2. The van der Waals surface area contributed by atoms with Gasteiger partial charge in [-0.3, -0.25) is 4.79 Å². The predicted molar refractivity (Wildman–Crippen MR) is 141 cm³/mol. The maximum Gasteiger partial charge on any atom is 0.230 e. The number of hydrogen-bond acceptors (Lipinski definition) is 5. The lowest BCUT2D eigenvalue weighted by Gasteiger charge is -2.21. The smallest absolute Gasteiger partial charge is 0.230 e. The van der Waals surface area contributed by atoms with E-state index in [1.54, 1.807) is 23.5 Å². The molecule has 0 atom stereocenters. The Morgan fingerprint density at radius 2 is 1.91 bits per heavy atom. The third-order valence-corrected chi connectivity index (χ3v) is 7.36. The molecule has 0 saturated heterocycles. The molecule has 172 valence electrons. The SMILES string of the molecule is Cc1cccc2ccc(CC(=O)Nc3nc4c(nc3-c3cccs3)-c3ccc(O)cc3CC4)cc12. The molecule has 1 aliphatic carbocycles. The zero-order chi connectivity index (χ0) is 23.9. The summed E-state index contributed by atoms with van der Waals surface area (Å²) in [5.41, 5.74) is 6.55. The molecule has 6 rings (SSSR count). The Balaban J connectivity index is 1.35. The molecule has 0 radical (unpaired) electrons. The number of anilines is 1. The molecule has 2 N–H and O–H groups in total. The maximum absolute atomic E-state index is 13.1. The van der Waals surface area contributed by atoms with E-state index < -0.39 is 0 Å². The van der Waals surface area contributed by atoms with Gasteiger partial charge in [-0.25, -0.2) is 9.97 Å². The Labute approximate surface area is 207 Å². The summed E-state index contributed by atoms with van der Waals surface area (Å²) in [4.78, 5) is 23.9. The van der Waals surface area contributed by atoms with Crippen molar-refractivity contribution in [3.8, 4) is 27.6 Å². The normalized spacial score (nSPS) is 12.3. The molecule has 0 fully saturated rings. The van der Waals surface area contributed by atoms with E-state index in [0.29, 0.717) is 17.9 Å². The molecule has 0 bridgehead atoms. The van der Waals surface area contributed by atoms with Crippen molar-refractivity contribution in [2.24, 2.45) is 0 Å². The molecule has 35 heavy (non-hydrogen) atoms. The summed E-state index contributed by atoms with van der Waals surface area (Å²) in [5.74, 6) is 0.632. The molecule has 6 heteroatoms. The van der Waals surface area contributed by atoms with E-state index in [4.69, 9.17) is 9.97 Å². The second-order valence-corrected chi connectivity index (χ2v) is 9.84. The zero-order valence-electron chi connectivity index (χ0n) is 19.2. The van der Waals surface area contributed by atoms with Crippen LogP contribution in [-0.4, -0.2) is 21.0 Å². The van der Waals surface area contributed by atoms with E-state index in [9.17, 15) is 9.90 Å². The number of aryl methyl sites for hydroxylation is 3. The number of carbonyl (C=O) groups excluding carboxylic acids is 1. The van der Waals surface area contributed by atoms with Crippen LogP contribution in [0.15, 0.2) is 72.1 Å². The fourth-order valence-corrected chi connectivity index (χ4v) is 5.47. The Morgan fingerprint density at radius 1 is 1.00 bits per heavy atom. The minimum Gasteiger partial charge on any atom is -0.508 e. The topological polar surface area (TPSA) is 75.1 Å². The van der Waals surface area contributed by atoms with E-state index in [0.717, 1.165) is 44.8 Å². The lowest BCUT2D eigenvalue weighted by molar-refractivity contribution is -0.115. The minimum absolute atomic E-state index is 0.119. The van der Waals surface area contributed by atoms with Crippen molar-refractivity contribution in [3.63, 3.8) is 0 Å². The van der Waals surface area contributed by atoms with Crippen LogP contribution in [0.2, 0.25) is 0 Å². The van der Waals surface area contributed by atoms with Gasteiger partial charge in [-0.05, 0) is 76.9 Å². The van der Waals surface area contributed by atoms with Crippen LogP contribution in [0.3, 0.4) is 0 Å². The summed E-state index contributed by atoms with van der Waals surface area (Å²) in [7, 11) is 0. The van der Waals surface area contributed by atoms with Crippen LogP contribution in [0.1, 0.15) is 22.4 Å². The van der Waals surface area contributed by atoms with Gasteiger partial charge >= 0.3 is 0 Å². The average Bonchev–Trinajstić information content (AvgIpc) is 3.39. The van der Waals surface area contributed by atoms with Gasteiger partial charge in [0.25, 0.3) is 0 Å². The van der Waals surface area contributed by atoms with Crippen molar-refractivity contribution in [1.82, 2.24) is 9.97 Å². The fraction of sp³-hybridized carbons (Fsp3) is 0.138. The molecule has 0 spiro atoms. The first-order chi connectivity index (χ1) is 17.0. The van der Waals surface area contributed by atoms with E-state index >= 15 is 0 Å². The molecular formula is C29H23N3O2S. The number of benzene rings is 3. The summed E-state index contributed by atoms with van der Waals surface area (Å²) in [6.07, 6.45) is 1.74. The van der Waals surface area contributed by atoms with Gasteiger partial charge in [-0.2, -0.15) is 0 Å². The molecule has 1 amide bonds. The molecule has 2 heterocycles. The van der Waals surface area contributed by atoms with Crippen LogP contribution in [0, 0.1) is 6.92 Å². The van der Waals surface area contributed by atoms with Gasteiger partial charge in [0, 0.05) is 5.56 Å². The number of aromatic nitrogens is 2. The fourth-order valence-electron chi connectivity index (χ4n) is 4.75. The number of fused-ring (bicyclic) bond motifs is 4. The van der Waals surface area contributed by atoms with Gasteiger partial charge in [0.15, 0.2) is 5.82 Å². The molecular weight excluding hydrogens is 454 g/mol. The lowest BCUT2D eigenvalue weighted by Crippen LogP contribution is -2.18. The number of rotatable bonds is 4. The van der Waals surface area contributed by atoms with E-state index in [-0.39, 0.29) is 18.1 Å². The van der Waals surface area contributed by atoms with Crippen molar-refractivity contribution in [2.75, 3.05) is 5.32 Å². The Bertz CT molecular complexity index is 1590. The maximum atomic E-state index is 13.1. The molecule has 5 nitrogen and oxygen atoms in total. The standard InChI is InChI=1S/C29H23N3O2S/c1-17-4-2-5-19-8-7-18(14-23(17)19)15-26(34)31-29-28(25-6-3-13-35-25)32-27-22-11-10-21(33)16-20(22)9-12-24(27)30-29/h2-8,10-11,13-14,16,33H,9,12,15H2,1H3,(H,30,31,34). The van der Waals surface area contributed by atoms with Crippen LogP contribution < -0.4 is 5.32 Å². The first-order valence-corrected chi connectivity index (χ1v) is 12.5. The summed E-state index contributed by atoms with van der Waals surface area (Å²) in [6.45, 7) is 2.09. The second-order valence-electron chi connectivity index (χ2n) is 8.89. The molecule has 1 aliphatic rings. The van der Waals surface area contributed by atoms with Gasteiger partial charge in [0.05, 0.1) is 22.7 Å². The summed E-state index contributed by atoms with van der Waals surface area (Å²) in [6, 6.07) is 21.7. The highest BCUT2D eigenvalue weighted by molar-refractivity contribution is 7.13. The van der Waals surface area contributed by atoms with Crippen LogP contribution in [0.5, 0.6) is 5.75 Å². The Hall–Kier alpha value is -4.03. The molecule has 0 saturated carbocycles. The molecule has 0 unspecified atom stereocenters. The number of nitrogens with one attached hydrogen (secondary N) is 1. The number of hydrogen-bond donors (Lipinski definition) is 2. The van der Waals surface area contributed by atoms with Crippen LogP contribution >= 0.6 is 11.3 Å². The van der Waals surface area contributed by atoms with Crippen molar-refractivity contribution >= 4 is 33.8 Å². The van der Waals surface area contributed by atoms with E-state index in [1.807, 2.05) is 35.7 Å². The number of carbonyl (C=O) groups is 1. The first kappa shape index (κ1) is 21.5. The van der Waals surface area contributed by atoms with Crippen molar-refractivity contribution in [1.29, 1.82) is 0 Å². The minimum atomic E-state index is -0.119. The highest BCUT2D eigenvalue weighted by Crippen LogP contribution is 2.38. The van der Waals surface area contributed by atoms with Gasteiger partial charge in [-0.1, -0.05) is 42.5 Å². The molecule has 0 aliphatic heterocycles. The lowest BCUT2D eigenvalue weighted by atomic mass is 9.91. The third kappa shape index (κ3) is 4.06. The average molecular weight is 478 g/mol. The third-order valence-electron chi connectivity index (χ3n) is 6.48. The van der Waals surface area contributed by atoms with E-state index in [2.05, 4.69) is 36.5 Å². The number of aromatic hydroxyl groups is 1. The first-order valence-electron chi connectivity index (χ1n) is 11.6. The van der Waals surface area contributed by atoms with Gasteiger partial charge in [-0.15, -0.1) is 11.3 Å². The molecule has 5 aromatic rings. The zero-order valence-corrected chi connectivity index (χ0v) is 20.0. The van der Waals surface area contributed by atoms with Gasteiger partial charge < -0.3 is 10.4 Å². The van der Waals surface area contributed by atoms with Gasteiger partial charge in [0.1, 0.15) is 11.4 Å². The van der Waals surface area contributed by atoms with E-state index in [1.165, 1.54) is 10.9 Å². The number of phenols is 1. The summed E-state index contributed by atoms with van der Waals surface area (Å²) in [5, 5.41) is 17.3. The second kappa shape index (κ2) is 8.64. The summed E-state index contributed by atoms with van der Waals surface area (Å²) < 4.78 is 0. The Morgan fingerprint density at radius 3 is 2.77 bits per heavy atom. The van der Waals surface area contributed by atoms with Crippen LogP contribution in [-0.2, 0) is 24.1 Å². The quantitative estimate of drug-likeness (QED) is 0.318. The highest BCUT2D eigenvalue weighted by Gasteiger charge is 2.24. The van der Waals surface area contributed by atoms with Crippen molar-refractivity contribution in [3.05, 3.63) is 94.5 Å². The van der Waals surface area contributed by atoms with Gasteiger partial charge in [0.2, 0.25) is 5.91 Å². The van der Waals surface area contributed by atoms with Crippen molar-refractivity contribution in [2.45, 2.75) is 26.2 Å². The van der Waals surface area contributed by atoms with Crippen LogP contribution in [0.4, 0.5) is 5.82 Å². The Kier molecular flexibility index (Phi) is 5.30. The highest BCUT2D eigenvalue weighted by atomic mass is 32.1. The molecule has 2 aromatic heterocycles. The number of thiophene rings is 1. The number of amides is 1. The largest absolute Gasteiger partial charge is 0.508 e. The monoisotopic (exact) mass is 477 g/mol.